The number of rotatable bonds is 7. The van der Waals surface area contributed by atoms with E-state index in [1.807, 2.05) is 0 Å². The molecule has 1 saturated heterocycles. The molecule has 0 aromatic heterocycles. The molecule has 0 bridgehead atoms. The van der Waals surface area contributed by atoms with Crippen LogP contribution in [0.4, 0.5) is 11.4 Å². The molecule has 0 saturated carbocycles. The number of sulfonamides is 1. The van der Waals surface area contributed by atoms with Gasteiger partial charge in [0.2, 0.25) is 15.9 Å². The number of nitrogens with one attached hydrogen (secondary N) is 3. The summed E-state index contributed by atoms with van der Waals surface area (Å²) in [4.78, 5) is 12.7. The zero-order chi connectivity index (χ0) is 21.9. The zero-order valence-corrected chi connectivity index (χ0v) is 19.3. The number of anilines is 2. The Hall–Kier alpha value is -2.14. The highest BCUT2D eigenvalue weighted by Gasteiger charge is 2.44. The molecule has 30 heavy (non-hydrogen) atoms. The molecule has 0 radical (unpaired) electrons. The van der Waals surface area contributed by atoms with Crippen LogP contribution < -0.4 is 25.2 Å². The highest BCUT2D eigenvalue weighted by molar-refractivity contribution is 9.10. The number of methoxy groups -OCH3 is 1. The van der Waals surface area contributed by atoms with Crippen molar-refractivity contribution in [1.29, 1.82) is 0 Å². The van der Waals surface area contributed by atoms with Gasteiger partial charge in [-0.15, -0.1) is 0 Å². The van der Waals surface area contributed by atoms with Gasteiger partial charge in [0.05, 0.1) is 12.8 Å². The lowest BCUT2D eigenvalue weighted by Gasteiger charge is -2.30. The molecule has 2 atom stereocenters. The second-order valence-electron chi connectivity index (χ2n) is 7.14. The monoisotopic (exact) mass is 496 g/mol. The highest BCUT2D eigenvalue weighted by Crippen LogP contribution is 2.27. The molecule has 10 heteroatoms. The van der Waals surface area contributed by atoms with Gasteiger partial charge in [0.25, 0.3) is 0 Å². The van der Waals surface area contributed by atoms with E-state index in [0.717, 1.165) is 8.78 Å². The average molecular weight is 497 g/mol. The topological polar surface area (TPSA) is 99.8 Å². The number of hydrogen-bond acceptors (Lipinski definition) is 6. The van der Waals surface area contributed by atoms with E-state index in [4.69, 9.17) is 4.74 Å². The summed E-state index contributed by atoms with van der Waals surface area (Å²) in [6.07, 6.45) is 0. The van der Waals surface area contributed by atoms with Crippen molar-refractivity contribution in [2.45, 2.75) is 31.2 Å². The van der Waals surface area contributed by atoms with Gasteiger partial charge in [-0.05, 0) is 62.4 Å². The molecule has 1 aliphatic heterocycles. The van der Waals surface area contributed by atoms with Crippen LogP contribution in [0, 0.1) is 0 Å². The van der Waals surface area contributed by atoms with Crippen LogP contribution in [-0.4, -0.2) is 45.3 Å². The summed E-state index contributed by atoms with van der Waals surface area (Å²) >= 11 is 3.35. The number of carbonyl (C=O) groups is 1. The van der Waals surface area contributed by atoms with Crippen LogP contribution in [0.2, 0.25) is 0 Å². The molecule has 2 aromatic carbocycles. The molecule has 0 spiro atoms. The van der Waals surface area contributed by atoms with E-state index in [-0.39, 0.29) is 18.6 Å². The number of hydrogen-bond donors (Lipinski definition) is 3. The zero-order valence-electron chi connectivity index (χ0n) is 16.9. The lowest BCUT2D eigenvalue weighted by molar-refractivity contribution is -0.114. The lowest BCUT2D eigenvalue weighted by atomic mass is 10.2. The van der Waals surface area contributed by atoms with E-state index in [2.05, 4.69) is 32.1 Å². The predicted octanol–water partition coefficient (Wildman–Crippen LogP) is 2.49. The molecular formula is C20H25BrN4O4S. The van der Waals surface area contributed by atoms with Gasteiger partial charge < -0.3 is 10.1 Å². The van der Waals surface area contributed by atoms with Crippen molar-refractivity contribution in [1.82, 2.24) is 10.9 Å². The van der Waals surface area contributed by atoms with Gasteiger partial charge in [-0.2, -0.15) is 0 Å². The van der Waals surface area contributed by atoms with Gasteiger partial charge in [0.1, 0.15) is 17.5 Å². The van der Waals surface area contributed by atoms with Gasteiger partial charge in [0, 0.05) is 22.2 Å². The van der Waals surface area contributed by atoms with Crippen LogP contribution in [0.3, 0.4) is 0 Å². The molecule has 2 aromatic rings. The van der Waals surface area contributed by atoms with Crippen LogP contribution in [0.5, 0.6) is 5.75 Å². The smallest absolute Gasteiger partial charge is 0.245 e. The second kappa shape index (κ2) is 9.34. The van der Waals surface area contributed by atoms with Gasteiger partial charge in [0.15, 0.2) is 0 Å². The van der Waals surface area contributed by atoms with Crippen LogP contribution in [-0.2, 0) is 14.8 Å². The maximum Gasteiger partial charge on any atom is 0.245 e. The normalized spacial score (nSPS) is 21.3. The third-order valence-corrected chi connectivity index (χ3v) is 7.94. The quantitative estimate of drug-likeness (QED) is 0.544. The number of ether oxygens (including phenoxy) is 1. The van der Waals surface area contributed by atoms with Crippen LogP contribution in [0.25, 0.3) is 0 Å². The molecule has 1 aliphatic rings. The Bertz CT molecular complexity index is 973. The molecule has 8 nitrogen and oxygen atoms in total. The van der Waals surface area contributed by atoms with Gasteiger partial charge in [-0.25, -0.2) is 8.42 Å². The highest BCUT2D eigenvalue weighted by atomic mass is 79.9. The second-order valence-corrected chi connectivity index (χ2v) is 10.1. The Labute approximate surface area is 185 Å². The Morgan fingerprint density at radius 2 is 1.63 bits per heavy atom. The van der Waals surface area contributed by atoms with E-state index in [1.54, 1.807) is 62.4 Å². The number of carbonyl (C=O) groups excluding carboxylic acids is 1. The molecule has 3 rings (SSSR count). The summed E-state index contributed by atoms with van der Waals surface area (Å²) in [6, 6.07) is 13.0. The number of amides is 1. The SMILES string of the molecule is COc1ccc(N(CC(=O)Nc2ccc(Br)cc2)S(=O)(=O)C2C(C)NNC2C)cc1. The van der Waals surface area contributed by atoms with E-state index >= 15 is 0 Å². The molecule has 162 valence electrons. The average Bonchev–Trinajstić information content (AvgIpc) is 3.07. The lowest BCUT2D eigenvalue weighted by Crippen LogP contribution is -2.49. The standard InChI is InChI=1S/C20H25BrN4O4S/c1-13-20(14(2)24-23-13)30(27,28)25(17-8-10-18(29-3)11-9-17)12-19(26)22-16-6-4-15(21)5-7-16/h4-11,13-14,20,23-24H,12H2,1-3H3,(H,22,26). The third-order valence-electron chi connectivity index (χ3n) is 4.95. The van der Waals surface area contributed by atoms with Gasteiger partial charge >= 0.3 is 0 Å². The molecule has 3 N–H and O–H groups in total. The first-order chi connectivity index (χ1) is 14.2. The minimum absolute atomic E-state index is 0.319. The summed E-state index contributed by atoms with van der Waals surface area (Å²) < 4.78 is 34.3. The Kier molecular flexibility index (Phi) is 7.02. The van der Waals surface area contributed by atoms with Crippen molar-refractivity contribution < 1.29 is 17.9 Å². The van der Waals surface area contributed by atoms with Crippen molar-refractivity contribution in [2.75, 3.05) is 23.3 Å². The maximum absolute atomic E-state index is 13.6. The first-order valence-electron chi connectivity index (χ1n) is 9.44. The molecule has 1 fully saturated rings. The maximum atomic E-state index is 13.6. The molecule has 1 heterocycles. The summed E-state index contributed by atoms with van der Waals surface area (Å²) in [5.41, 5.74) is 6.92. The summed E-state index contributed by atoms with van der Waals surface area (Å²) in [7, 11) is -2.33. The fraction of sp³-hybridized carbons (Fsp3) is 0.350. The Morgan fingerprint density at radius 3 is 2.17 bits per heavy atom. The fourth-order valence-corrected chi connectivity index (χ4v) is 5.90. The number of halogens is 1. The van der Waals surface area contributed by atoms with Gasteiger partial charge in [-0.3, -0.25) is 20.0 Å². The first kappa shape index (κ1) is 22.5. The van der Waals surface area contributed by atoms with Crippen molar-refractivity contribution >= 4 is 43.2 Å². The predicted molar refractivity (Wildman–Crippen MR) is 121 cm³/mol. The van der Waals surface area contributed by atoms with E-state index < -0.39 is 21.2 Å². The Morgan fingerprint density at radius 1 is 1.07 bits per heavy atom. The third kappa shape index (κ3) is 4.94. The Balaban J connectivity index is 1.90. The molecule has 1 amide bonds. The minimum Gasteiger partial charge on any atom is -0.497 e. The molecule has 2 unspecified atom stereocenters. The van der Waals surface area contributed by atoms with E-state index in [1.165, 1.54) is 7.11 Å². The molecule has 0 aliphatic carbocycles. The van der Waals surface area contributed by atoms with Crippen molar-refractivity contribution in [3.8, 4) is 5.75 Å². The summed E-state index contributed by atoms with van der Waals surface area (Å²) in [5, 5.41) is 2.02. The van der Waals surface area contributed by atoms with Crippen molar-refractivity contribution in [2.24, 2.45) is 0 Å². The number of hydrazine groups is 1. The number of nitrogens with zero attached hydrogens (tertiary/aromatic N) is 1. The molecular weight excluding hydrogens is 472 g/mol. The largest absolute Gasteiger partial charge is 0.497 e. The van der Waals surface area contributed by atoms with Gasteiger partial charge in [-0.1, -0.05) is 15.9 Å². The van der Waals surface area contributed by atoms with Crippen molar-refractivity contribution in [3.63, 3.8) is 0 Å². The summed E-state index contributed by atoms with van der Waals surface area (Å²) in [5.74, 6) is 0.164. The van der Waals surface area contributed by atoms with E-state index in [0.29, 0.717) is 17.1 Å². The van der Waals surface area contributed by atoms with Crippen LogP contribution >= 0.6 is 15.9 Å². The van der Waals surface area contributed by atoms with Crippen LogP contribution in [0.15, 0.2) is 53.0 Å². The van der Waals surface area contributed by atoms with Crippen molar-refractivity contribution in [3.05, 3.63) is 53.0 Å². The van der Waals surface area contributed by atoms with E-state index in [9.17, 15) is 13.2 Å². The fourth-order valence-electron chi connectivity index (χ4n) is 3.46. The van der Waals surface area contributed by atoms with Crippen LogP contribution in [0.1, 0.15) is 13.8 Å². The minimum atomic E-state index is -3.87. The first-order valence-corrected chi connectivity index (χ1v) is 11.7. The number of benzene rings is 2. The summed E-state index contributed by atoms with van der Waals surface area (Å²) in [6.45, 7) is 3.25.